The molecule has 4 aliphatic carbocycles. The van der Waals surface area contributed by atoms with Gasteiger partial charge in [-0.25, -0.2) is 8.42 Å². The molecular weight excluding hydrogens is 322 g/mol. The molecule has 24 heavy (non-hydrogen) atoms. The van der Waals surface area contributed by atoms with E-state index in [1.165, 1.54) is 38.5 Å². The molecule has 1 N–H and O–H groups in total. The molecular formula is C19H31NO3S. The average Bonchev–Trinajstić information content (AvgIpc) is 2.48. The molecule has 1 atom stereocenters. The Hall–Kier alpha value is -0.580. The summed E-state index contributed by atoms with van der Waals surface area (Å²) in [5.74, 6) is 3.61. The van der Waals surface area contributed by atoms with E-state index in [0.717, 1.165) is 17.8 Å². The topological polar surface area (TPSA) is 63.2 Å². The van der Waals surface area contributed by atoms with Gasteiger partial charge in [-0.15, -0.1) is 0 Å². The molecule has 1 aliphatic heterocycles. The standard InChI is InChI=1S/C19H31NO3S/c1-13(19-10-15-6-16(11-19)8-17(7-15)12-19)20-18(21)9-14-2-4-24(22,23)5-3-14/h13-17H,2-12H2,1H3,(H,20,21). The van der Waals surface area contributed by atoms with E-state index < -0.39 is 9.84 Å². The lowest BCUT2D eigenvalue weighted by Gasteiger charge is -2.59. The van der Waals surface area contributed by atoms with Crippen LogP contribution in [0.15, 0.2) is 0 Å². The molecule has 5 fully saturated rings. The molecule has 1 amide bonds. The van der Waals surface area contributed by atoms with Crippen LogP contribution in [0.2, 0.25) is 0 Å². The summed E-state index contributed by atoms with van der Waals surface area (Å²) in [6.07, 6.45) is 10.0. The van der Waals surface area contributed by atoms with Gasteiger partial charge < -0.3 is 5.32 Å². The van der Waals surface area contributed by atoms with Crippen LogP contribution >= 0.6 is 0 Å². The Bertz CT molecular complexity index is 563. The van der Waals surface area contributed by atoms with Gasteiger partial charge >= 0.3 is 0 Å². The van der Waals surface area contributed by atoms with Crippen LogP contribution in [0.25, 0.3) is 0 Å². The molecule has 1 saturated heterocycles. The summed E-state index contributed by atoms with van der Waals surface area (Å²) in [6, 6.07) is 0.269. The predicted molar refractivity (Wildman–Crippen MR) is 94.2 cm³/mol. The molecule has 1 unspecified atom stereocenters. The van der Waals surface area contributed by atoms with Crippen molar-refractivity contribution in [3.05, 3.63) is 0 Å². The summed E-state index contributed by atoms with van der Waals surface area (Å²) in [4.78, 5) is 12.5. The Morgan fingerprint density at radius 3 is 2.04 bits per heavy atom. The molecule has 4 saturated carbocycles. The fourth-order valence-electron chi connectivity index (χ4n) is 6.57. The van der Waals surface area contributed by atoms with Crippen molar-refractivity contribution in [1.29, 1.82) is 0 Å². The van der Waals surface area contributed by atoms with Crippen LogP contribution < -0.4 is 5.32 Å². The lowest BCUT2D eigenvalue weighted by atomic mass is 9.48. The molecule has 5 heteroatoms. The molecule has 0 aromatic heterocycles. The van der Waals surface area contributed by atoms with Crippen LogP contribution in [0, 0.1) is 29.1 Å². The largest absolute Gasteiger partial charge is 0.353 e. The van der Waals surface area contributed by atoms with Crippen LogP contribution in [0.1, 0.15) is 64.7 Å². The van der Waals surface area contributed by atoms with E-state index in [2.05, 4.69) is 12.2 Å². The predicted octanol–water partition coefficient (Wildman–Crippen LogP) is 2.92. The summed E-state index contributed by atoms with van der Waals surface area (Å²) < 4.78 is 23.0. The highest BCUT2D eigenvalue weighted by molar-refractivity contribution is 7.91. The zero-order chi connectivity index (χ0) is 16.9. The molecule has 5 aliphatic rings. The van der Waals surface area contributed by atoms with E-state index in [0.29, 0.717) is 24.7 Å². The van der Waals surface area contributed by atoms with Gasteiger partial charge in [-0.2, -0.15) is 0 Å². The van der Waals surface area contributed by atoms with E-state index in [1.807, 2.05) is 0 Å². The first kappa shape index (κ1) is 16.9. The van der Waals surface area contributed by atoms with Crippen LogP contribution in [0.4, 0.5) is 0 Å². The zero-order valence-corrected chi connectivity index (χ0v) is 15.6. The lowest BCUT2D eigenvalue weighted by molar-refractivity contribution is -0.126. The molecule has 0 radical (unpaired) electrons. The van der Waals surface area contributed by atoms with Crippen LogP contribution in [-0.2, 0) is 14.6 Å². The van der Waals surface area contributed by atoms with E-state index >= 15 is 0 Å². The second-order valence-electron chi connectivity index (χ2n) is 9.37. The SMILES string of the molecule is CC(NC(=O)CC1CCS(=O)(=O)CC1)C12CC3CC(CC(C3)C1)C2. The number of carbonyl (C=O) groups excluding carboxylic acids is 1. The van der Waals surface area contributed by atoms with Gasteiger partial charge in [0.05, 0.1) is 11.5 Å². The maximum Gasteiger partial charge on any atom is 0.220 e. The third-order valence-electron chi connectivity index (χ3n) is 7.53. The van der Waals surface area contributed by atoms with Crippen LogP contribution in [-0.4, -0.2) is 31.9 Å². The van der Waals surface area contributed by atoms with Crippen molar-refractivity contribution in [2.75, 3.05) is 11.5 Å². The number of amides is 1. The van der Waals surface area contributed by atoms with Crippen molar-refractivity contribution >= 4 is 15.7 Å². The molecule has 0 spiro atoms. The average molecular weight is 354 g/mol. The third kappa shape index (κ3) is 3.25. The lowest BCUT2D eigenvalue weighted by Crippen LogP contribution is -2.56. The molecule has 4 nitrogen and oxygen atoms in total. The van der Waals surface area contributed by atoms with Gasteiger partial charge in [0.2, 0.25) is 5.91 Å². The number of carbonyl (C=O) groups is 1. The third-order valence-corrected chi connectivity index (χ3v) is 9.25. The molecule has 136 valence electrons. The Morgan fingerprint density at radius 1 is 1.04 bits per heavy atom. The highest BCUT2D eigenvalue weighted by atomic mass is 32.2. The van der Waals surface area contributed by atoms with Gasteiger partial charge in [0.1, 0.15) is 9.84 Å². The van der Waals surface area contributed by atoms with Gasteiger partial charge in [0.15, 0.2) is 0 Å². The van der Waals surface area contributed by atoms with Gasteiger partial charge in [-0.05, 0) is 87.4 Å². The second kappa shape index (κ2) is 6.00. The quantitative estimate of drug-likeness (QED) is 0.845. The summed E-state index contributed by atoms with van der Waals surface area (Å²) in [7, 11) is -2.84. The summed E-state index contributed by atoms with van der Waals surface area (Å²) in [6.45, 7) is 2.22. The molecule has 1 heterocycles. The fourth-order valence-corrected chi connectivity index (χ4v) is 8.16. The molecule has 0 aromatic rings. The van der Waals surface area contributed by atoms with Gasteiger partial charge in [-0.1, -0.05) is 0 Å². The van der Waals surface area contributed by atoms with Crippen molar-refractivity contribution < 1.29 is 13.2 Å². The summed E-state index contributed by atoms with van der Waals surface area (Å²) >= 11 is 0. The second-order valence-corrected chi connectivity index (χ2v) is 11.7. The summed E-state index contributed by atoms with van der Waals surface area (Å²) in [5.41, 5.74) is 0.348. The number of hydrogen-bond donors (Lipinski definition) is 1. The van der Waals surface area contributed by atoms with E-state index in [9.17, 15) is 13.2 Å². The van der Waals surface area contributed by atoms with E-state index in [-0.39, 0.29) is 29.4 Å². The van der Waals surface area contributed by atoms with Crippen LogP contribution in [0.3, 0.4) is 0 Å². The monoisotopic (exact) mass is 353 g/mol. The minimum Gasteiger partial charge on any atom is -0.353 e. The minimum absolute atomic E-state index is 0.141. The molecule has 4 bridgehead atoms. The fraction of sp³-hybridized carbons (Fsp3) is 0.947. The van der Waals surface area contributed by atoms with Gasteiger partial charge in [-0.3, -0.25) is 4.79 Å². The first-order valence-electron chi connectivity index (χ1n) is 9.83. The molecule has 0 aromatic carbocycles. The van der Waals surface area contributed by atoms with Crippen molar-refractivity contribution in [2.24, 2.45) is 29.1 Å². The maximum absolute atomic E-state index is 12.5. The van der Waals surface area contributed by atoms with Crippen molar-refractivity contribution in [2.45, 2.75) is 70.8 Å². The van der Waals surface area contributed by atoms with Crippen molar-refractivity contribution in [3.8, 4) is 0 Å². The number of sulfone groups is 1. The first-order valence-corrected chi connectivity index (χ1v) is 11.7. The highest BCUT2D eigenvalue weighted by Gasteiger charge is 2.53. The van der Waals surface area contributed by atoms with Gasteiger partial charge in [0, 0.05) is 12.5 Å². The van der Waals surface area contributed by atoms with Crippen molar-refractivity contribution in [3.63, 3.8) is 0 Å². The van der Waals surface area contributed by atoms with E-state index in [4.69, 9.17) is 0 Å². The molecule has 5 rings (SSSR count). The van der Waals surface area contributed by atoms with Gasteiger partial charge in [0.25, 0.3) is 0 Å². The Labute approximate surface area is 146 Å². The Balaban J connectivity index is 1.33. The maximum atomic E-state index is 12.5. The number of hydrogen-bond acceptors (Lipinski definition) is 3. The highest BCUT2D eigenvalue weighted by Crippen LogP contribution is 2.61. The minimum atomic E-state index is -2.84. The summed E-state index contributed by atoms with van der Waals surface area (Å²) in [5, 5.41) is 3.32. The first-order chi connectivity index (χ1) is 11.3. The number of rotatable bonds is 4. The Morgan fingerprint density at radius 2 is 1.54 bits per heavy atom. The Kier molecular flexibility index (Phi) is 4.21. The number of nitrogens with one attached hydrogen (secondary N) is 1. The van der Waals surface area contributed by atoms with E-state index in [1.54, 1.807) is 0 Å². The smallest absolute Gasteiger partial charge is 0.220 e. The van der Waals surface area contributed by atoms with Crippen LogP contribution in [0.5, 0.6) is 0 Å². The zero-order valence-electron chi connectivity index (χ0n) is 14.8. The normalized spacial score (nSPS) is 42.0. The van der Waals surface area contributed by atoms with Crippen molar-refractivity contribution in [1.82, 2.24) is 5.32 Å².